The molecule has 4 bridgehead atoms. The van der Waals surface area contributed by atoms with E-state index in [1.807, 2.05) is 0 Å². The van der Waals surface area contributed by atoms with Gasteiger partial charge in [-0.15, -0.1) is 0 Å². The summed E-state index contributed by atoms with van der Waals surface area (Å²) in [5.41, 5.74) is -0.460. The Balaban J connectivity index is 1.42. The van der Waals surface area contributed by atoms with Crippen LogP contribution in [0.4, 0.5) is 5.82 Å². The number of ether oxygens (including phenoxy) is 1. The van der Waals surface area contributed by atoms with Crippen molar-refractivity contribution in [1.29, 1.82) is 0 Å². The van der Waals surface area contributed by atoms with Crippen LogP contribution in [0.25, 0.3) is 0 Å². The van der Waals surface area contributed by atoms with Crippen molar-refractivity contribution in [3.8, 4) is 0 Å². The van der Waals surface area contributed by atoms with Gasteiger partial charge >= 0.3 is 5.97 Å². The zero-order valence-electron chi connectivity index (χ0n) is 14.9. The van der Waals surface area contributed by atoms with E-state index in [9.17, 15) is 9.59 Å². The molecule has 27 heavy (non-hydrogen) atoms. The lowest BCUT2D eigenvalue weighted by atomic mass is 9.49. The van der Waals surface area contributed by atoms with Crippen LogP contribution < -0.4 is 5.32 Å². The predicted molar refractivity (Wildman–Crippen MR) is 107 cm³/mol. The van der Waals surface area contributed by atoms with Gasteiger partial charge in [-0.2, -0.15) is 0 Å². The number of carbonyl (C=O) groups excluding carboxylic acids is 2. The molecule has 0 saturated heterocycles. The molecule has 4 aliphatic rings. The zero-order chi connectivity index (χ0) is 19.4. The van der Waals surface area contributed by atoms with Crippen LogP contribution in [0.2, 0.25) is 10.0 Å². The van der Waals surface area contributed by atoms with Crippen LogP contribution in [0, 0.1) is 17.3 Å². The topological polar surface area (TPSA) is 68.3 Å². The summed E-state index contributed by atoms with van der Waals surface area (Å²) in [6.07, 6.45) is 6.48. The number of rotatable bonds is 4. The first-order valence-electron chi connectivity index (χ1n) is 9.20. The molecule has 0 aromatic carbocycles. The first-order valence-corrected chi connectivity index (χ1v) is 10.7. The average Bonchev–Trinajstić information content (AvgIpc) is 2.55. The molecule has 8 heteroatoms. The molecular formula is C19H21BrCl2N2O3. The molecule has 4 fully saturated rings. The van der Waals surface area contributed by atoms with Gasteiger partial charge in [-0.3, -0.25) is 9.59 Å². The number of anilines is 1. The van der Waals surface area contributed by atoms with E-state index < -0.39 is 17.4 Å². The van der Waals surface area contributed by atoms with Crippen molar-refractivity contribution in [2.75, 3.05) is 5.32 Å². The van der Waals surface area contributed by atoms with E-state index in [0.717, 1.165) is 32.1 Å². The molecule has 4 saturated carbocycles. The van der Waals surface area contributed by atoms with Gasteiger partial charge in [-0.25, -0.2) is 4.98 Å². The quantitative estimate of drug-likeness (QED) is 0.491. The molecule has 1 N–H and O–H groups in total. The van der Waals surface area contributed by atoms with E-state index in [1.54, 1.807) is 6.92 Å². The third kappa shape index (κ3) is 3.73. The molecule has 1 amide bonds. The lowest BCUT2D eigenvalue weighted by Crippen LogP contribution is -2.56. The molecule has 146 valence electrons. The first-order chi connectivity index (χ1) is 12.7. The average molecular weight is 476 g/mol. The fraction of sp³-hybridized carbons (Fsp3) is 0.632. The van der Waals surface area contributed by atoms with Gasteiger partial charge in [0.2, 0.25) is 0 Å². The van der Waals surface area contributed by atoms with E-state index in [2.05, 4.69) is 26.2 Å². The fourth-order valence-corrected chi connectivity index (χ4v) is 7.33. The van der Waals surface area contributed by atoms with E-state index in [0.29, 0.717) is 16.9 Å². The second-order valence-corrected chi connectivity index (χ2v) is 10.9. The number of pyridine rings is 1. The van der Waals surface area contributed by atoms with Crippen LogP contribution in [0.15, 0.2) is 12.3 Å². The normalized spacial score (nSPS) is 35.0. The zero-order valence-corrected chi connectivity index (χ0v) is 18.0. The Morgan fingerprint density at radius 1 is 1.30 bits per heavy atom. The molecule has 1 aromatic rings. The van der Waals surface area contributed by atoms with Crippen LogP contribution in [0.5, 0.6) is 0 Å². The maximum Gasteiger partial charge on any atom is 0.312 e. The third-order valence-electron chi connectivity index (χ3n) is 6.13. The van der Waals surface area contributed by atoms with Crippen LogP contribution in [-0.4, -0.2) is 27.3 Å². The van der Waals surface area contributed by atoms with Crippen molar-refractivity contribution in [2.24, 2.45) is 17.3 Å². The SMILES string of the molecule is C[C@H](OC(=O)C12C[C@@H]3C[C@@H](CC(Br)(C3)C1)C2)C(=O)Nc1ncc(Cl)cc1Cl. The molecular weight excluding hydrogens is 455 g/mol. The summed E-state index contributed by atoms with van der Waals surface area (Å²) >= 11 is 15.7. The van der Waals surface area contributed by atoms with Crippen molar-refractivity contribution >= 4 is 56.8 Å². The number of carbonyl (C=O) groups is 2. The largest absolute Gasteiger partial charge is 0.452 e. The van der Waals surface area contributed by atoms with Crippen molar-refractivity contribution in [1.82, 2.24) is 4.98 Å². The monoisotopic (exact) mass is 474 g/mol. The highest BCUT2D eigenvalue weighted by atomic mass is 79.9. The number of hydrogen-bond acceptors (Lipinski definition) is 4. The summed E-state index contributed by atoms with van der Waals surface area (Å²) in [5.74, 6) is 0.624. The highest BCUT2D eigenvalue weighted by Crippen LogP contribution is 2.64. The standard InChI is InChI=1S/C19H21BrCl2N2O3/c1-10(16(25)24-15-14(22)3-13(21)8-23-15)27-17(26)18-4-11-2-12(5-18)7-19(20,6-11)9-18/h3,8,10-12H,2,4-7,9H2,1H3,(H,23,24,25)/t10-,11-,12+,18?,19?/m0/s1. The molecule has 5 rings (SSSR count). The number of aromatic nitrogens is 1. The second kappa shape index (κ2) is 6.89. The van der Waals surface area contributed by atoms with Crippen molar-refractivity contribution < 1.29 is 14.3 Å². The summed E-state index contributed by atoms with van der Waals surface area (Å²) in [6, 6.07) is 1.49. The van der Waals surface area contributed by atoms with Gasteiger partial charge in [0.05, 0.1) is 15.5 Å². The summed E-state index contributed by atoms with van der Waals surface area (Å²) < 4.78 is 5.67. The minimum Gasteiger partial charge on any atom is -0.452 e. The highest BCUT2D eigenvalue weighted by Gasteiger charge is 2.60. The Morgan fingerprint density at radius 2 is 1.96 bits per heavy atom. The Morgan fingerprint density at radius 3 is 2.56 bits per heavy atom. The Bertz CT molecular complexity index is 789. The Kier molecular flexibility index (Phi) is 4.97. The van der Waals surface area contributed by atoms with Crippen LogP contribution in [-0.2, 0) is 14.3 Å². The van der Waals surface area contributed by atoms with E-state index >= 15 is 0 Å². The molecule has 5 atom stereocenters. The summed E-state index contributed by atoms with van der Waals surface area (Å²) in [7, 11) is 0. The van der Waals surface area contributed by atoms with Gasteiger partial charge in [0.15, 0.2) is 11.9 Å². The number of hydrogen-bond donors (Lipinski definition) is 1. The molecule has 0 radical (unpaired) electrons. The predicted octanol–water partition coefficient (Wildman–Crippen LogP) is 4.99. The van der Waals surface area contributed by atoms with Gasteiger partial charge in [0, 0.05) is 10.5 Å². The first kappa shape index (κ1) is 19.5. The van der Waals surface area contributed by atoms with Crippen molar-refractivity contribution in [3.05, 3.63) is 22.3 Å². The smallest absolute Gasteiger partial charge is 0.312 e. The van der Waals surface area contributed by atoms with Crippen LogP contribution in [0.3, 0.4) is 0 Å². The molecule has 1 aromatic heterocycles. The lowest BCUT2D eigenvalue weighted by molar-refractivity contribution is -0.175. The minimum absolute atomic E-state index is 0.0579. The summed E-state index contributed by atoms with van der Waals surface area (Å²) in [6.45, 7) is 1.57. The number of nitrogens with one attached hydrogen (secondary N) is 1. The Labute approximate surface area is 176 Å². The van der Waals surface area contributed by atoms with Gasteiger partial charge in [0.25, 0.3) is 5.91 Å². The number of nitrogens with zero attached hydrogens (tertiary/aromatic N) is 1. The van der Waals surface area contributed by atoms with Crippen LogP contribution in [0.1, 0.15) is 45.4 Å². The van der Waals surface area contributed by atoms with Crippen LogP contribution >= 0.6 is 39.1 Å². The van der Waals surface area contributed by atoms with Crippen molar-refractivity contribution in [3.63, 3.8) is 0 Å². The molecule has 1 heterocycles. The Hall–Kier alpha value is -0.850. The lowest BCUT2D eigenvalue weighted by Gasteiger charge is -2.58. The summed E-state index contributed by atoms with van der Waals surface area (Å²) in [4.78, 5) is 29.5. The van der Waals surface area contributed by atoms with Gasteiger partial charge < -0.3 is 10.1 Å². The van der Waals surface area contributed by atoms with Gasteiger partial charge in [-0.1, -0.05) is 39.1 Å². The van der Waals surface area contributed by atoms with E-state index in [1.165, 1.54) is 18.7 Å². The molecule has 0 aliphatic heterocycles. The molecule has 5 nitrogen and oxygen atoms in total. The second-order valence-electron chi connectivity index (χ2n) is 8.41. The van der Waals surface area contributed by atoms with E-state index in [4.69, 9.17) is 27.9 Å². The number of esters is 1. The minimum atomic E-state index is -0.926. The van der Waals surface area contributed by atoms with Gasteiger partial charge in [-0.05, 0) is 63.4 Å². The summed E-state index contributed by atoms with van der Waals surface area (Å²) in [5, 5.41) is 3.21. The van der Waals surface area contributed by atoms with E-state index in [-0.39, 0.29) is 21.1 Å². The molecule has 4 aliphatic carbocycles. The maximum atomic E-state index is 13.0. The highest BCUT2D eigenvalue weighted by molar-refractivity contribution is 9.10. The number of halogens is 3. The maximum absolute atomic E-state index is 13.0. The van der Waals surface area contributed by atoms with Gasteiger partial charge in [0.1, 0.15) is 0 Å². The third-order valence-corrected chi connectivity index (χ3v) is 7.55. The number of alkyl halides is 1. The molecule has 2 unspecified atom stereocenters. The molecule has 0 spiro atoms. The number of amides is 1. The van der Waals surface area contributed by atoms with Crippen molar-refractivity contribution in [2.45, 2.75) is 55.9 Å². The fourth-order valence-electron chi connectivity index (χ4n) is 5.45.